The standard InChI is InChI=1S/C15H16ClN3O4S/c1-10(12-5-3-4-6-13(12)16)18-14-8-7-11(24(22,23)17-2)9-15(14)19(20)21/h3-10,17-18H,1-2H3. The van der Waals surface area contributed by atoms with Gasteiger partial charge in [-0.3, -0.25) is 10.1 Å². The number of halogens is 1. The van der Waals surface area contributed by atoms with E-state index >= 15 is 0 Å². The van der Waals surface area contributed by atoms with Crippen molar-refractivity contribution in [2.75, 3.05) is 12.4 Å². The van der Waals surface area contributed by atoms with Gasteiger partial charge >= 0.3 is 0 Å². The van der Waals surface area contributed by atoms with Crippen molar-refractivity contribution >= 4 is 33.0 Å². The average molecular weight is 370 g/mol. The number of benzene rings is 2. The lowest BCUT2D eigenvalue weighted by Crippen LogP contribution is -2.19. The molecule has 0 aliphatic carbocycles. The zero-order valence-corrected chi connectivity index (χ0v) is 14.6. The fourth-order valence-electron chi connectivity index (χ4n) is 2.21. The van der Waals surface area contributed by atoms with Crippen molar-refractivity contribution in [1.29, 1.82) is 0 Å². The zero-order valence-electron chi connectivity index (χ0n) is 13.0. The summed E-state index contributed by atoms with van der Waals surface area (Å²) in [6.45, 7) is 1.81. The van der Waals surface area contributed by atoms with Crippen molar-refractivity contribution in [2.24, 2.45) is 0 Å². The van der Waals surface area contributed by atoms with E-state index in [-0.39, 0.29) is 22.3 Å². The first-order valence-electron chi connectivity index (χ1n) is 6.99. The summed E-state index contributed by atoms with van der Waals surface area (Å²) in [7, 11) is -2.52. The van der Waals surface area contributed by atoms with Gasteiger partial charge in [-0.15, -0.1) is 0 Å². The van der Waals surface area contributed by atoms with Crippen molar-refractivity contribution in [3.63, 3.8) is 0 Å². The summed E-state index contributed by atoms with van der Waals surface area (Å²) in [5, 5.41) is 14.8. The molecule has 128 valence electrons. The smallest absolute Gasteiger partial charge is 0.293 e. The molecule has 1 unspecified atom stereocenters. The summed E-state index contributed by atoms with van der Waals surface area (Å²) in [4.78, 5) is 10.5. The lowest BCUT2D eigenvalue weighted by molar-refractivity contribution is -0.384. The predicted molar refractivity (Wildman–Crippen MR) is 92.8 cm³/mol. The molecule has 0 saturated carbocycles. The molecule has 0 aromatic heterocycles. The normalized spacial score (nSPS) is 12.6. The van der Waals surface area contributed by atoms with Crippen LogP contribution in [0.25, 0.3) is 0 Å². The molecule has 1 atom stereocenters. The number of sulfonamides is 1. The Hall–Kier alpha value is -2.16. The Bertz CT molecular complexity index is 871. The first-order valence-corrected chi connectivity index (χ1v) is 8.85. The summed E-state index contributed by atoms with van der Waals surface area (Å²) in [5.41, 5.74) is 0.660. The predicted octanol–water partition coefficient (Wildman–Crippen LogP) is 3.33. The van der Waals surface area contributed by atoms with Crippen LogP contribution in [0.2, 0.25) is 5.02 Å². The molecule has 0 aliphatic rings. The molecule has 2 aromatic carbocycles. The molecule has 2 aromatic rings. The van der Waals surface area contributed by atoms with E-state index in [0.717, 1.165) is 11.6 Å². The summed E-state index contributed by atoms with van der Waals surface area (Å²) < 4.78 is 25.7. The average Bonchev–Trinajstić information content (AvgIpc) is 2.55. The summed E-state index contributed by atoms with van der Waals surface area (Å²) >= 11 is 6.13. The van der Waals surface area contributed by atoms with Crippen LogP contribution in [-0.4, -0.2) is 20.4 Å². The quantitative estimate of drug-likeness (QED) is 0.600. The highest BCUT2D eigenvalue weighted by molar-refractivity contribution is 7.89. The van der Waals surface area contributed by atoms with E-state index in [9.17, 15) is 18.5 Å². The first-order chi connectivity index (χ1) is 11.3. The van der Waals surface area contributed by atoms with Gasteiger partial charge < -0.3 is 5.32 Å². The molecule has 0 radical (unpaired) electrons. The Kier molecular flexibility index (Phi) is 5.43. The number of rotatable bonds is 6. The Morgan fingerprint density at radius 2 is 1.88 bits per heavy atom. The Morgan fingerprint density at radius 1 is 1.21 bits per heavy atom. The number of hydrogen-bond donors (Lipinski definition) is 2. The van der Waals surface area contributed by atoms with Gasteiger partial charge in [0.15, 0.2) is 0 Å². The van der Waals surface area contributed by atoms with Gasteiger partial charge in [0.1, 0.15) is 5.69 Å². The maximum absolute atomic E-state index is 11.8. The van der Waals surface area contributed by atoms with Gasteiger partial charge in [0.2, 0.25) is 10.0 Å². The van der Waals surface area contributed by atoms with Gasteiger partial charge in [-0.2, -0.15) is 0 Å². The fourth-order valence-corrected chi connectivity index (χ4v) is 3.26. The van der Waals surface area contributed by atoms with Crippen LogP contribution in [0, 0.1) is 10.1 Å². The van der Waals surface area contributed by atoms with Gasteiger partial charge in [0.05, 0.1) is 15.9 Å². The van der Waals surface area contributed by atoms with Crippen molar-refractivity contribution in [1.82, 2.24) is 4.72 Å². The summed E-state index contributed by atoms with van der Waals surface area (Å²) in [6.07, 6.45) is 0. The van der Waals surface area contributed by atoms with E-state index in [4.69, 9.17) is 11.6 Å². The number of anilines is 1. The molecule has 0 amide bonds. The van der Waals surface area contributed by atoms with Crippen LogP contribution < -0.4 is 10.0 Å². The van der Waals surface area contributed by atoms with Crippen molar-refractivity contribution < 1.29 is 13.3 Å². The van der Waals surface area contributed by atoms with E-state index < -0.39 is 14.9 Å². The first kappa shape index (κ1) is 18.2. The second kappa shape index (κ2) is 7.16. The van der Waals surface area contributed by atoms with E-state index in [1.54, 1.807) is 12.1 Å². The third-order valence-corrected chi connectivity index (χ3v) is 5.24. The van der Waals surface area contributed by atoms with E-state index in [2.05, 4.69) is 10.0 Å². The van der Waals surface area contributed by atoms with Crippen LogP contribution in [-0.2, 0) is 10.0 Å². The molecule has 0 saturated heterocycles. The Labute approximate surface area is 144 Å². The van der Waals surface area contributed by atoms with Crippen molar-refractivity contribution in [3.05, 3.63) is 63.2 Å². The van der Waals surface area contributed by atoms with Gasteiger partial charge in [-0.1, -0.05) is 29.8 Å². The Morgan fingerprint density at radius 3 is 2.46 bits per heavy atom. The molecular formula is C15H16ClN3O4S. The summed E-state index contributed by atoms with van der Waals surface area (Å²) in [6, 6.07) is 10.5. The van der Waals surface area contributed by atoms with Crippen LogP contribution in [0.5, 0.6) is 0 Å². The largest absolute Gasteiger partial charge is 0.373 e. The SMILES string of the molecule is CNS(=O)(=O)c1ccc(NC(C)c2ccccc2Cl)c([N+](=O)[O-])c1. The molecule has 0 fully saturated rings. The second-order valence-electron chi connectivity index (χ2n) is 5.03. The van der Waals surface area contributed by atoms with Crippen LogP contribution in [0.3, 0.4) is 0 Å². The lowest BCUT2D eigenvalue weighted by Gasteiger charge is -2.17. The Balaban J connectivity index is 2.40. The van der Waals surface area contributed by atoms with E-state index in [1.807, 2.05) is 19.1 Å². The molecule has 9 heteroatoms. The topological polar surface area (TPSA) is 101 Å². The highest BCUT2D eigenvalue weighted by Gasteiger charge is 2.22. The third kappa shape index (κ3) is 3.84. The number of nitro benzene ring substituents is 1. The number of nitrogens with zero attached hydrogens (tertiary/aromatic N) is 1. The molecule has 0 heterocycles. The van der Waals surface area contributed by atoms with Crippen molar-refractivity contribution in [2.45, 2.75) is 17.9 Å². The van der Waals surface area contributed by atoms with Gasteiger partial charge in [-0.05, 0) is 37.7 Å². The van der Waals surface area contributed by atoms with Gasteiger partial charge in [0.25, 0.3) is 5.69 Å². The van der Waals surface area contributed by atoms with Crippen LogP contribution >= 0.6 is 11.6 Å². The molecule has 2 rings (SSSR count). The third-order valence-electron chi connectivity index (χ3n) is 3.49. The zero-order chi connectivity index (χ0) is 17.9. The van der Waals surface area contributed by atoms with E-state index in [1.165, 1.54) is 19.2 Å². The molecular weight excluding hydrogens is 354 g/mol. The second-order valence-corrected chi connectivity index (χ2v) is 7.32. The van der Waals surface area contributed by atoms with Crippen LogP contribution in [0.1, 0.15) is 18.5 Å². The monoisotopic (exact) mass is 369 g/mol. The molecule has 7 nitrogen and oxygen atoms in total. The minimum Gasteiger partial charge on any atom is -0.373 e. The number of nitro groups is 1. The van der Waals surface area contributed by atoms with Crippen molar-refractivity contribution in [3.8, 4) is 0 Å². The van der Waals surface area contributed by atoms with Crippen LogP contribution in [0.4, 0.5) is 11.4 Å². The number of hydrogen-bond acceptors (Lipinski definition) is 5. The minimum absolute atomic E-state index is 0.173. The fraction of sp³-hybridized carbons (Fsp3) is 0.200. The van der Waals surface area contributed by atoms with Gasteiger partial charge in [0, 0.05) is 11.1 Å². The molecule has 0 spiro atoms. The van der Waals surface area contributed by atoms with Crippen LogP contribution in [0.15, 0.2) is 47.4 Å². The molecule has 24 heavy (non-hydrogen) atoms. The van der Waals surface area contributed by atoms with Gasteiger partial charge in [-0.25, -0.2) is 13.1 Å². The highest BCUT2D eigenvalue weighted by atomic mass is 35.5. The minimum atomic E-state index is -3.76. The lowest BCUT2D eigenvalue weighted by atomic mass is 10.1. The van der Waals surface area contributed by atoms with E-state index in [0.29, 0.717) is 5.02 Å². The molecule has 0 bridgehead atoms. The highest BCUT2D eigenvalue weighted by Crippen LogP contribution is 2.32. The maximum Gasteiger partial charge on any atom is 0.293 e. The maximum atomic E-state index is 11.8. The summed E-state index contributed by atoms with van der Waals surface area (Å²) in [5.74, 6) is 0. The molecule has 2 N–H and O–H groups in total. The molecule has 0 aliphatic heterocycles. The number of nitrogens with one attached hydrogen (secondary N) is 2.